The Morgan fingerprint density at radius 1 is 1.65 bits per heavy atom. The number of hydrogen-bond donors (Lipinski definition) is 0. The first-order valence-corrected chi connectivity index (χ1v) is 5.80. The molecule has 0 amide bonds. The van der Waals surface area contributed by atoms with Crippen LogP contribution in [-0.4, -0.2) is 36.6 Å². The first-order chi connectivity index (χ1) is 8.04. The monoisotopic (exact) mass is 298 g/mol. The lowest BCUT2D eigenvalue weighted by Crippen LogP contribution is -2.05. The number of rotatable bonds is 2. The Morgan fingerprint density at radius 3 is 2.88 bits per heavy atom. The van der Waals surface area contributed by atoms with Crippen LogP contribution < -0.4 is 0 Å². The third-order valence-electron chi connectivity index (χ3n) is 1.69. The average Bonchev–Trinajstić information content (AvgIpc) is 2.27. The van der Waals surface area contributed by atoms with Crippen LogP contribution in [0.3, 0.4) is 0 Å². The Hall–Kier alpha value is -1.61. The molecule has 0 saturated heterocycles. The third kappa shape index (κ3) is 4.04. The Balaban J connectivity index is 2.95. The number of pyridine rings is 1. The minimum atomic E-state index is -0.396. The molecule has 6 heteroatoms. The van der Waals surface area contributed by atoms with Gasteiger partial charge in [-0.15, -0.1) is 0 Å². The Bertz CT molecular complexity index is 477. The van der Waals surface area contributed by atoms with Crippen LogP contribution in [0.25, 0.3) is 4.85 Å². The normalized spacial score (nSPS) is 9.18. The number of carbonyl (C=O) groups is 1. The van der Waals surface area contributed by atoms with Gasteiger partial charge in [-0.3, -0.25) is 0 Å². The van der Waals surface area contributed by atoms with E-state index in [0.717, 1.165) is 0 Å². The zero-order chi connectivity index (χ0) is 12.8. The molecular formula is C11H13BrN3O2+. The topological polar surface area (TPSA) is 46.8 Å². The average molecular weight is 299 g/mol. The summed E-state index contributed by atoms with van der Waals surface area (Å²) in [6, 6.07) is 1.63. The SMILES string of the molecule is CCOC(=O)c1cnc([N+]#CN(C)C)c(Br)c1. The molecule has 0 aliphatic rings. The maximum atomic E-state index is 11.4. The Kier molecular flexibility index (Phi) is 4.91. The van der Waals surface area contributed by atoms with Gasteiger partial charge in [0.25, 0.3) is 0 Å². The van der Waals surface area contributed by atoms with Crippen molar-refractivity contribution in [1.82, 2.24) is 9.88 Å². The standard InChI is InChI=1S/C11H13BrN3O2/c1-4-17-11(16)8-5-9(12)10(13-6-8)14-7-15(2)3/h5-6H,4H2,1-3H3/q+1. The highest BCUT2D eigenvalue weighted by Crippen LogP contribution is 2.23. The van der Waals surface area contributed by atoms with Gasteiger partial charge >= 0.3 is 18.0 Å². The number of ether oxygens (including phenoxy) is 1. The molecule has 0 unspecified atom stereocenters. The highest BCUT2D eigenvalue weighted by atomic mass is 79.9. The largest absolute Gasteiger partial charge is 0.462 e. The summed E-state index contributed by atoms with van der Waals surface area (Å²) in [5.41, 5.74) is 0.391. The van der Waals surface area contributed by atoms with Gasteiger partial charge in [-0.25, -0.2) is 9.69 Å². The molecule has 1 rings (SSSR count). The van der Waals surface area contributed by atoms with E-state index < -0.39 is 5.97 Å². The molecule has 0 atom stereocenters. The molecule has 0 fully saturated rings. The summed E-state index contributed by atoms with van der Waals surface area (Å²) in [5, 5.41) is 0. The van der Waals surface area contributed by atoms with E-state index in [9.17, 15) is 4.79 Å². The molecule has 0 spiro atoms. The highest BCUT2D eigenvalue weighted by Gasteiger charge is 2.14. The zero-order valence-corrected chi connectivity index (χ0v) is 11.5. The van der Waals surface area contributed by atoms with Crippen molar-refractivity contribution in [2.45, 2.75) is 6.92 Å². The van der Waals surface area contributed by atoms with Crippen molar-refractivity contribution in [3.8, 4) is 6.19 Å². The first-order valence-electron chi connectivity index (χ1n) is 5.01. The maximum Gasteiger partial charge on any atom is 0.374 e. The summed E-state index contributed by atoms with van der Waals surface area (Å²) in [5.74, 6) is 0.0690. The minimum Gasteiger partial charge on any atom is -0.462 e. The Morgan fingerprint density at radius 2 is 2.35 bits per heavy atom. The smallest absolute Gasteiger partial charge is 0.374 e. The molecule has 90 valence electrons. The van der Waals surface area contributed by atoms with Crippen LogP contribution in [0.15, 0.2) is 16.7 Å². The van der Waals surface area contributed by atoms with Gasteiger partial charge in [-0.1, -0.05) is 4.98 Å². The number of aromatic nitrogens is 1. The quantitative estimate of drug-likeness (QED) is 0.478. The molecule has 0 aliphatic heterocycles. The summed E-state index contributed by atoms with van der Waals surface area (Å²) >= 11 is 3.29. The maximum absolute atomic E-state index is 11.4. The molecule has 0 radical (unpaired) electrons. The fourth-order valence-corrected chi connectivity index (χ4v) is 1.42. The van der Waals surface area contributed by atoms with Gasteiger partial charge in [0.05, 0.1) is 26.3 Å². The van der Waals surface area contributed by atoms with Gasteiger partial charge in [-0.05, 0) is 28.9 Å². The molecule has 5 nitrogen and oxygen atoms in total. The first kappa shape index (κ1) is 13.5. The van der Waals surface area contributed by atoms with E-state index in [-0.39, 0.29) is 0 Å². The number of halogens is 1. The van der Waals surface area contributed by atoms with Crippen molar-refractivity contribution < 1.29 is 9.53 Å². The highest BCUT2D eigenvalue weighted by molar-refractivity contribution is 9.10. The number of nitrogens with zero attached hydrogens (tertiary/aromatic N) is 3. The van der Waals surface area contributed by atoms with Gasteiger partial charge in [-0.2, -0.15) is 4.85 Å². The molecular weight excluding hydrogens is 286 g/mol. The molecule has 0 aliphatic carbocycles. The lowest BCUT2D eigenvalue weighted by Gasteiger charge is -1.99. The van der Waals surface area contributed by atoms with Crippen molar-refractivity contribution in [2.24, 2.45) is 0 Å². The van der Waals surface area contributed by atoms with Crippen molar-refractivity contribution in [3.05, 3.63) is 27.1 Å². The number of carbonyl (C=O) groups excluding carboxylic acids is 1. The Labute approximate surface area is 108 Å². The van der Waals surface area contributed by atoms with Crippen LogP contribution >= 0.6 is 15.9 Å². The van der Waals surface area contributed by atoms with Crippen molar-refractivity contribution in [1.29, 1.82) is 0 Å². The lowest BCUT2D eigenvalue weighted by atomic mass is 10.3. The van der Waals surface area contributed by atoms with Crippen LogP contribution in [0.2, 0.25) is 0 Å². The lowest BCUT2D eigenvalue weighted by molar-refractivity contribution is 0.0526. The van der Waals surface area contributed by atoms with Crippen LogP contribution in [0, 0.1) is 6.19 Å². The van der Waals surface area contributed by atoms with Crippen LogP contribution in [-0.2, 0) is 4.74 Å². The summed E-state index contributed by atoms with van der Waals surface area (Å²) in [7, 11) is 3.62. The van der Waals surface area contributed by atoms with Crippen LogP contribution in [0.4, 0.5) is 5.82 Å². The molecule has 1 aromatic heterocycles. The molecule has 0 bridgehead atoms. The number of esters is 1. The summed E-state index contributed by atoms with van der Waals surface area (Å²) in [6.45, 7) is 2.09. The van der Waals surface area contributed by atoms with Gasteiger partial charge in [0.1, 0.15) is 10.7 Å². The van der Waals surface area contributed by atoms with E-state index in [1.807, 2.05) is 14.1 Å². The van der Waals surface area contributed by atoms with E-state index in [1.165, 1.54) is 6.20 Å². The summed E-state index contributed by atoms with van der Waals surface area (Å²) in [6.07, 6.45) is 4.16. The van der Waals surface area contributed by atoms with E-state index in [2.05, 4.69) is 32.0 Å². The minimum absolute atomic E-state index is 0.338. The fraction of sp³-hybridized carbons (Fsp3) is 0.364. The second-order valence-corrected chi connectivity index (χ2v) is 4.21. The number of hydrogen-bond acceptors (Lipinski definition) is 4. The van der Waals surface area contributed by atoms with E-state index in [1.54, 1.807) is 17.9 Å². The van der Waals surface area contributed by atoms with E-state index in [0.29, 0.717) is 22.5 Å². The summed E-state index contributed by atoms with van der Waals surface area (Å²) in [4.78, 5) is 21.2. The third-order valence-corrected chi connectivity index (χ3v) is 2.27. The molecule has 17 heavy (non-hydrogen) atoms. The van der Waals surface area contributed by atoms with Gasteiger partial charge < -0.3 is 4.74 Å². The van der Waals surface area contributed by atoms with Crippen molar-refractivity contribution >= 4 is 27.7 Å². The van der Waals surface area contributed by atoms with Crippen molar-refractivity contribution in [3.63, 3.8) is 0 Å². The second-order valence-electron chi connectivity index (χ2n) is 3.36. The van der Waals surface area contributed by atoms with E-state index in [4.69, 9.17) is 4.74 Å². The predicted molar refractivity (Wildman–Crippen MR) is 68.5 cm³/mol. The summed E-state index contributed by atoms with van der Waals surface area (Å²) < 4.78 is 5.49. The molecule has 1 heterocycles. The van der Waals surface area contributed by atoms with Gasteiger partial charge in [0.15, 0.2) is 0 Å². The van der Waals surface area contributed by atoms with Gasteiger partial charge in [0, 0.05) is 0 Å². The molecule has 1 aromatic rings. The molecule has 0 saturated carbocycles. The molecule has 0 aromatic carbocycles. The van der Waals surface area contributed by atoms with Gasteiger partial charge in [0.2, 0.25) is 0 Å². The predicted octanol–water partition coefficient (Wildman–Crippen LogP) is 2.50. The zero-order valence-electron chi connectivity index (χ0n) is 9.90. The molecule has 0 N–H and O–H groups in total. The second kappa shape index (κ2) is 6.21. The van der Waals surface area contributed by atoms with Crippen molar-refractivity contribution in [2.75, 3.05) is 20.7 Å². The van der Waals surface area contributed by atoms with E-state index >= 15 is 0 Å². The van der Waals surface area contributed by atoms with Crippen LogP contribution in [0.5, 0.6) is 0 Å². The fourth-order valence-electron chi connectivity index (χ4n) is 0.986. The van der Waals surface area contributed by atoms with Crippen LogP contribution in [0.1, 0.15) is 17.3 Å².